The zero-order valence-corrected chi connectivity index (χ0v) is 7.51. The van der Waals surface area contributed by atoms with Crippen LogP contribution in [-0.4, -0.2) is 11.1 Å². The Morgan fingerprint density at radius 1 is 1.36 bits per heavy atom. The van der Waals surface area contributed by atoms with E-state index >= 15 is 0 Å². The molecule has 3 nitrogen and oxygen atoms in total. The highest BCUT2D eigenvalue weighted by Gasteiger charge is 1.97. The van der Waals surface area contributed by atoms with Gasteiger partial charge < -0.3 is 9.52 Å². The second kappa shape index (κ2) is 4.87. The Kier molecular flexibility index (Phi) is 3.49. The Labute approximate surface area is 81.6 Å². The number of hydrogen-bond acceptors (Lipinski definition) is 2. The fourth-order valence-corrected chi connectivity index (χ4v) is 0.932. The minimum atomic E-state index is -0.981. The van der Waals surface area contributed by atoms with Gasteiger partial charge in [0.05, 0.1) is 12.5 Å². The highest BCUT2D eigenvalue weighted by atomic mass is 16.4. The highest BCUT2D eigenvalue weighted by molar-refractivity contribution is 5.78. The molecule has 2 rings (SSSR count). The molecule has 72 valence electrons. The molecule has 0 atom stereocenters. The second-order valence-electron chi connectivity index (χ2n) is 2.54. The van der Waals surface area contributed by atoms with Crippen molar-refractivity contribution in [3.05, 3.63) is 49.4 Å². The molecule has 0 spiro atoms. The summed E-state index contributed by atoms with van der Waals surface area (Å²) in [6, 6.07) is 8.05. The van der Waals surface area contributed by atoms with Gasteiger partial charge in [-0.1, -0.05) is 24.8 Å². The van der Waals surface area contributed by atoms with Gasteiger partial charge in [0.2, 0.25) is 0 Å². The van der Waals surface area contributed by atoms with E-state index in [1.807, 2.05) is 18.2 Å². The topological polar surface area (TPSA) is 50.4 Å². The Bertz CT molecular complexity index is 362. The van der Waals surface area contributed by atoms with E-state index in [-0.39, 0.29) is 0 Å². The lowest BCUT2D eigenvalue weighted by molar-refractivity contribution is -0.131. The van der Waals surface area contributed by atoms with Crippen LogP contribution in [0.1, 0.15) is 0 Å². The van der Waals surface area contributed by atoms with Crippen LogP contribution >= 0.6 is 0 Å². The lowest BCUT2D eigenvalue weighted by Gasteiger charge is -1.91. The molecule has 0 saturated carbocycles. The second-order valence-corrected chi connectivity index (χ2v) is 2.54. The van der Waals surface area contributed by atoms with E-state index in [9.17, 15) is 4.79 Å². The molecule has 2 aliphatic rings. The van der Waals surface area contributed by atoms with Crippen LogP contribution in [0.3, 0.4) is 0 Å². The summed E-state index contributed by atoms with van der Waals surface area (Å²) in [5, 5.41) is 7.60. The molecule has 0 aromatic heterocycles. The van der Waals surface area contributed by atoms with Crippen molar-refractivity contribution >= 4 is 5.97 Å². The average Bonchev–Trinajstić information content (AvgIpc) is 2.66. The van der Waals surface area contributed by atoms with E-state index in [0.29, 0.717) is 0 Å². The Hall–Kier alpha value is -2.03. The van der Waals surface area contributed by atoms with Crippen molar-refractivity contribution in [2.24, 2.45) is 0 Å². The first-order valence-electron chi connectivity index (χ1n) is 4.00. The van der Waals surface area contributed by atoms with Gasteiger partial charge in [-0.3, -0.25) is 0 Å². The average molecular weight is 190 g/mol. The van der Waals surface area contributed by atoms with Gasteiger partial charge in [-0.05, 0) is 11.6 Å². The molecule has 0 unspecified atom stereocenters. The molecule has 0 aromatic carbocycles. The maximum Gasteiger partial charge on any atom is 0.327 e. The van der Waals surface area contributed by atoms with Crippen LogP contribution in [0.5, 0.6) is 0 Å². The van der Waals surface area contributed by atoms with E-state index in [4.69, 9.17) is 9.52 Å². The van der Waals surface area contributed by atoms with E-state index in [0.717, 1.165) is 11.6 Å². The lowest BCUT2D eigenvalue weighted by Crippen LogP contribution is -1.82. The summed E-state index contributed by atoms with van der Waals surface area (Å²) in [5.74, 6) is -0.981. The monoisotopic (exact) mass is 190 g/mol. The minimum Gasteiger partial charge on any atom is -0.478 e. The number of carbonyl (C=O) groups is 1. The summed E-state index contributed by atoms with van der Waals surface area (Å²) in [6.07, 6.45) is 4.26. The number of fused-ring (bicyclic) bond motifs is 1. The van der Waals surface area contributed by atoms with Crippen LogP contribution in [0.15, 0.2) is 53.9 Å². The predicted octanol–water partition coefficient (Wildman–Crippen LogP) is 2.64. The first-order valence-corrected chi connectivity index (χ1v) is 4.00. The van der Waals surface area contributed by atoms with E-state index in [1.165, 1.54) is 5.56 Å². The van der Waals surface area contributed by atoms with Crippen molar-refractivity contribution in [2.45, 2.75) is 0 Å². The van der Waals surface area contributed by atoms with Crippen LogP contribution in [0, 0.1) is 0 Å². The van der Waals surface area contributed by atoms with Gasteiger partial charge in [-0.15, -0.1) is 0 Å². The van der Waals surface area contributed by atoms with Crippen LogP contribution in [0.4, 0.5) is 0 Å². The van der Waals surface area contributed by atoms with E-state index in [1.54, 1.807) is 12.5 Å². The van der Waals surface area contributed by atoms with Crippen LogP contribution in [-0.2, 0) is 4.79 Å². The molecule has 1 heterocycles. The molecule has 0 radical (unpaired) electrons. The molecule has 0 saturated heterocycles. The van der Waals surface area contributed by atoms with Crippen molar-refractivity contribution in [3.8, 4) is 11.1 Å². The third-order valence-corrected chi connectivity index (χ3v) is 1.58. The van der Waals surface area contributed by atoms with Gasteiger partial charge in [-0.2, -0.15) is 0 Å². The quantitative estimate of drug-likeness (QED) is 0.703. The van der Waals surface area contributed by atoms with Crippen molar-refractivity contribution in [2.75, 3.05) is 0 Å². The first-order chi connectivity index (χ1) is 6.74. The molecule has 1 N–H and O–H groups in total. The van der Waals surface area contributed by atoms with Crippen molar-refractivity contribution in [1.82, 2.24) is 0 Å². The lowest BCUT2D eigenvalue weighted by atomic mass is 10.2. The van der Waals surface area contributed by atoms with Gasteiger partial charge in [-0.25, -0.2) is 4.79 Å². The SMILES string of the molecule is C=CC(=O)O.c1cc2ccocc-2c1. The normalized spacial score (nSPS) is 8.86. The van der Waals surface area contributed by atoms with Crippen LogP contribution in [0.25, 0.3) is 11.1 Å². The minimum absolute atomic E-state index is 0.833. The highest BCUT2D eigenvalue weighted by Crippen LogP contribution is 2.20. The smallest absolute Gasteiger partial charge is 0.327 e. The standard InChI is InChI=1S/C8H6O.C3H4O2/c1-2-7-4-5-9-6-8(7)3-1;1-2-3(4)5/h1-6H;2H,1H2,(H,4,5). The summed E-state index contributed by atoms with van der Waals surface area (Å²) < 4.78 is 4.95. The molecule has 0 amide bonds. The summed E-state index contributed by atoms with van der Waals surface area (Å²) in [5.41, 5.74) is 2.40. The Balaban J connectivity index is 0.000000171. The zero-order valence-electron chi connectivity index (χ0n) is 7.51. The molecular formula is C11H10O3. The fourth-order valence-electron chi connectivity index (χ4n) is 0.932. The molecule has 1 aliphatic carbocycles. The number of carboxylic acids is 1. The van der Waals surface area contributed by atoms with Gasteiger partial charge in [0, 0.05) is 11.6 Å². The van der Waals surface area contributed by atoms with Gasteiger partial charge in [0.25, 0.3) is 0 Å². The van der Waals surface area contributed by atoms with Crippen molar-refractivity contribution in [1.29, 1.82) is 0 Å². The maximum atomic E-state index is 9.25. The number of aliphatic carboxylic acids is 1. The molecule has 14 heavy (non-hydrogen) atoms. The van der Waals surface area contributed by atoms with Gasteiger partial charge in [0.15, 0.2) is 0 Å². The molecule has 0 aromatic rings. The predicted molar refractivity (Wildman–Crippen MR) is 53.2 cm³/mol. The number of rotatable bonds is 1. The maximum absolute atomic E-state index is 9.25. The summed E-state index contributed by atoms with van der Waals surface area (Å²) in [6.45, 7) is 2.96. The Morgan fingerprint density at radius 2 is 2.00 bits per heavy atom. The largest absolute Gasteiger partial charge is 0.478 e. The van der Waals surface area contributed by atoms with Crippen molar-refractivity contribution in [3.63, 3.8) is 0 Å². The van der Waals surface area contributed by atoms with Crippen LogP contribution in [0.2, 0.25) is 0 Å². The number of hydrogen-bond donors (Lipinski definition) is 1. The van der Waals surface area contributed by atoms with Gasteiger partial charge in [0.1, 0.15) is 0 Å². The van der Waals surface area contributed by atoms with Crippen molar-refractivity contribution < 1.29 is 14.3 Å². The summed E-state index contributed by atoms with van der Waals surface area (Å²) in [7, 11) is 0. The molecular weight excluding hydrogens is 180 g/mol. The summed E-state index contributed by atoms with van der Waals surface area (Å²) in [4.78, 5) is 9.25. The van der Waals surface area contributed by atoms with Crippen LogP contribution < -0.4 is 0 Å². The summed E-state index contributed by atoms with van der Waals surface area (Å²) >= 11 is 0. The first kappa shape index (κ1) is 10.1. The molecule has 0 bridgehead atoms. The molecule has 3 heteroatoms. The number of carboxylic acid groups (broad SMARTS) is 1. The zero-order chi connectivity index (χ0) is 10.4. The van der Waals surface area contributed by atoms with Gasteiger partial charge >= 0.3 is 5.97 Å². The van der Waals surface area contributed by atoms with E-state index < -0.39 is 5.97 Å². The molecule has 1 aliphatic heterocycles. The fraction of sp³-hybridized carbons (Fsp3) is 0. The Morgan fingerprint density at radius 3 is 2.57 bits per heavy atom. The third kappa shape index (κ3) is 2.79. The van der Waals surface area contributed by atoms with E-state index in [2.05, 4.69) is 12.6 Å². The molecule has 0 fully saturated rings. The third-order valence-electron chi connectivity index (χ3n) is 1.58.